The van der Waals surface area contributed by atoms with E-state index in [0.717, 1.165) is 12.8 Å². The highest BCUT2D eigenvalue weighted by Crippen LogP contribution is 2.11. The smallest absolute Gasteiger partial charge is 0.152 e. The molecule has 2 heteroatoms. The third kappa shape index (κ3) is 7.07. The van der Waals surface area contributed by atoms with E-state index in [4.69, 9.17) is 5.73 Å². The van der Waals surface area contributed by atoms with Crippen LogP contribution in [-0.4, -0.2) is 11.8 Å². The van der Waals surface area contributed by atoms with Crippen LogP contribution < -0.4 is 5.73 Å². The number of rotatable bonds is 5. The van der Waals surface area contributed by atoms with Gasteiger partial charge in [-0.15, -0.1) is 0 Å². The van der Waals surface area contributed by atoms with E-state index < -0.39 is 0 Å². The summed E-state index contributed by atoms with van der Waals surface area (Å²) in [5.41, 5.74) is 5.75. The Labute approximate surface area is 89.3 Å². The molecule has 0 amide bonds. The fourth-order valence-electron chi connectivity index (χ4n) is 1.14. The maximum atomic E-state index is 11.4. The second-order valence-electron chi connectivity index (χ2n) is 3.91. The minimum atomic E-state index is -0.250. The molecule has 0 aliphatic rings. The van der Waals surface area contributed by atoms with E-state index in [1.54, 1.807) is 0 Å². The molecule has 2 nitrogen and oxygen atoms in total. The van der Waals surface area contributed by atoms with Gasteiger partial charge >= 0.3 is 0 Å². The lowest BCUT2D eigenvalue weighted by molar-refractivity contribution is -0.123. The van der Waals surface area contributed by atoms with Crippen LogP contribution in [0.1, 0.15) is 54.4 Å². The minimum absolute atomic E-state index is 0.0732. The van der Waals surface area contributed by atoms with Crippen molar-refractivity contribution in [3.8, 4) is 0 Å². The molecule has 2 N–H and O–H groups in total. The number of ketones is 1. The lowest BCUT2D eigenvalue weighted by Crippen LogP contribution is -2.35. The van der Waals surface area contributed by atoms with Crippen LogP contribution in [0.15, 0.2) is 0 Å². The van der Waals surface area contributed by atoms with Crippen molar-refractivity contribution in [2.24, 2.45) is 17.6 Å². The first-order valence-electron chi connectivity index (χ1n) is 5.78. The molecular weight excluding hydrogens is 174 g/mol. The first-order valence-corrected chi connectivity index (χ1v) is 5.78. The fourth-order valence-corrected chi connectivity index (χ4v) is 1.14. The fraction of sp³-hybridized carbons (Fsp3) is 0.917. The van der Waals surface area contributed by atoms with Gasteiger partial charge in [-0.2, -0.15) is 0 Å². The van der Waals surface area contributed by atoms with E-state index in [1.165, 1.54) is 0 Å². The first kappa shape index (κ1) is 16.1. The number of Topliss-reactive ketones (excluding diaryl/α,β-unsaturated/α-hetero) is 1. The minimum Gasteiger partial charge on any atom is -0.321 e. The van der Waals surface area contributed by atoms with Crippen LogP contribution in [0.25, 0.3) is 0 Å². The Morgan fingerprint density at radius 3 is 1.93 bits per heavy atom. The van der Waals surface area contributed by atoms with Crippen molar-refractivity contribution < 1.29 is 4.79 Å². The molecular formula is C12H27NO. The number of carbonyl (C=O) groups excluding carboxylic acids is 1. The lowest BCUT2D eigenvalue weighted by Gasteiger charge is -2.16. The van der Waals surface area contributed by atoms with Gasteiger partial charge in [0.15, 0.2) is 5.78 Å². The molecule has 86 valence electrons. The molecule has 0 spiro atoms. The predicted molar refractivity (Wildman–Crippen MR) is 63.2 cm³/mol. The summed E-state index contributed by atoms with van der Waals surface area (Å²) in [5, 5.41) is 0. The second kappa shape index (κ2) is 9.20. The van der Waals surface area contributed by atoms with E-state index in [1.807, 2.05) is 27.7 Å². The summed E-state index contributed by atoms with van der Waals surface area (Å²) in [6, 6.07) is -0.250. The Hall–Kier alpha value is -0.370. The van der Waals surface area contributed by atoms with Gasteiger partial charge in [-0.25, -0.2) is 0 Å². The summed E-state index contributed by atoms with van der Waals surface area (Å²) in [6.07, 6.45) is 1.92. The zero-order chi connectivity index (χ0) is 11.7. The van der Waals surface area contributed by atoms with Gasteiger partial charge in [0.2, 0.25) is 0 Å². The molecule has 0 radical (unpaired) electrons. The summed E-state index contributed by atoms with van der Waals surface area (Å²) in [7, 11) is 0. The lowest BCUT2D eigenvalue weighted by atomic mass is 9.93. The molecule has 0 rings (SSSR count). The highest BCUT2D eigenvalue weighted by molar-refractivity contribution is 5.85. The molecule has 0 aromatic carbocycles. The highest BCUT2D eigenvalue weighted by atomic mass is 16.1. The number of nitrogens with two attached hydrogens (primary N) is 1. The van der Waals surface area contributed by atoms with Crippen molar-refractivity contribution in [1.29, 1.82) is 0 Å². The Morgan fingerprint density at radius 2 is 1.64 bits per heavy atom. The van der Waals surface area contributed by atoms with Gasteiger partial charge in [-0.3, -0.25) is 4.79 Å². The second-order valence-corrected chi connectivity index (χ2v) is 3.91. The zero-order valence-electron chi connectivity index (χ0n) is 10.6. The van der Waals surface area contributed by atoms with Crippen LogP contribution in [0.2, 0.25) is 0 Å². The summed E-state index contributed by atoms with van der Waals surface area (Å²) < 4.78 is 0. The number of hydrogen-bond donors (Lipinski definition) is 1. The standard InChI is InChI=1S/C10H21NO.C2H6/c1-5-8(4)6-9(11)10(12)7(2)3;1-2/h7-9H,5-6,11H2,1-4H3;1-2H3. The van der Waals surface area contributed by atoms with Crippen LogP contribution in [0.5, 0.6) is 0 Å². The SMILES string of the molecule is CC.CCC(C)CC(N)C(=O)C(C)C. The summed E-state index contributed by atoms with van der Waals surface area (Å²) in [4.78, 5) is 11.4. The van der Waals surface area contributed by atoms with Crippen LogP contribution in [0.3, 0.4) is 0 Å². The largest absolute Gasteiger partial charge is 0.321 e. The summed E-state index contributed by atoms with van der Waals surface area (Å²) in [5.74, 6) is 0.821. The van der Waals surface area contributed by atoms with Crippen molar-refractivity contribution in [1.82, 2.24) is 0 Å². The van der Waals surface area contributed by atoms with Crippen LogP contribution >= 0.6 is 0 Å². The molecule has 0 saturated carbocycles. The van der Waals surface area contributed by atoms with E-state index >= 15 is 0 Å². The maximum Gasteiger partial charge on any atom is 0.152 e. The predicted octanol–water partition coefficient (Wildman–Crippen LogP) is 3.00. The van der Waals surface area contributed by atoms with Gasteiger partial charge in [0.1, 0.15) is 0 Å². The summed E-state index contributed by atoms with van der Waals surface area (Å²) >= 11 is 0. The van der Waals surface area contributed by atoms with Crippen molar-refractivity contribution in [2.75, 3.05) is 0 Å². The highest BCUT2D eigenvalue weighted by Gasteiger charge is 2.18. The molecule has 2 unspecified atom stereocenters. The van der Waals surface area contributed by atoms with Gasteiger partial charge < -0.3 is 5.73 Å². The van der Waals surface area contributed by atoms with Gasteiger partial charge in [-0.1, -0.05) is 48.0 Å². The Bertz CT molecular complexity index is 143. The molecule has 0 heterocycles. The molecule has 14 heavy (non-hydrogen) atoms. The van der Waals surface area contributed by atoms with Gasteiger partial charge in [0.25, 0.3) is 0 Å². The van der Waals surface area contributed by atoms with Crippen molar-refractivity contribution in [3.63, 3.8) is 0 Å². The summed E-state index contributed by atoms with van der Waals surface area (Å²) in [6.45, 7) is 12.1. The molecule has 0 aliphatic heterocycles. The van der Waals surface area contributed by atoms with E-state index in [9.17, 15) is 4.79 Å². The molecule has 0 aliphatic carbocycles. The van der Waals surface area contributed by atoms with Gasteiger partial charge in [0.05, 0.1) is 6.04 Å². The van der Waals surface area contributed by atoms with Crippen molar-refractivity contribution >= 4 is 5.78 Å². The molecule has 2 atom stereocenters. The quantitative estimate of drug-likeness (QED) is 0.743. The monoisotopic (exact) mass is 201 g/mol. The third-order valence-corrected chi connectivity index (χ3v) is 2.29. The molecule has 0 aromatic rings. The van der Waals surface area contributed by atoms with Crippen molar-refractivity contribution in [2.45, 2.75) is 60.4 Å². The molecule has 0 fully saturated rings. The van der Waals surface area contributed by atoms with E-state index in [2.05, 4.69) is 13.8 Å². The average Bonchev–Trinajstić information content (AvgIpc) is 2.19. The van der Waals surface area contributed by atoms with Crippen LogP contribution in [0.4, 0.5) is 0 Å². The molecule has 0 bridgehead atoms. The normalized spacial score (nSPS) is 14.3. The van der Waals surface area contributed by atoms with Crippen molar-refractivity contribution in [3.05, 3.63) is 0 Å². The number of hydrogen-bond acceptors (Lipinski definition) is 2. The first-order chi connectivity index (χ1) is 6.49. The van der Waals surface area contributed by atoms with E-state index in [-0.39, 0.29) is 17.7 Å². The van der Waals surface area contributed by atoms with Crippen LogP contribution in [-0.2, 0) is 4.79 Å². The Morgan fingerprint density at radius 1 is 1.21 bits per heavy atom. The van der Waals surface area contributed by atoms with Gasteiger partial charge in [0, 0.05) is 5.92 Å². The van der Waals surface area contributed by atoms with E-state index in [0.29, 0.717) is 5.92 Å². The average molecular weight is 201 g/mol. The Balaban J connectivity index is 0. The Kier molecular flexibility index (Phi) is 10.6. The maximum absolute atomic E-state index is 11.4. The van der Waals surface area contributed by atoms with Gasteiger partial charge in [-0.05, 0) is 12.3 Å². The van der Waals surface area contributed by atoms with Crippen LogP contribution in [0, 0.1) is 11.8 Å². The molecule has 0 aromatic heterocycles. The zero-order valence-corrected chi connectivity index (χ0v) is 10.6. The number of carbonyl (C=O) groups is 1. The third-order valence-electron chi connectivity index (χ3n) is 2.29. The molecule has 0 saturated heterocycles. The topological polar surface area (TPSA) is 43.1 Å².